The summed E-state index contributed by atoms with van der Waals surface area (Å²) in [7, 11) is 0. The number of ether oxygens (including phenoxy) is 1. The number of carbonyl (C=O) groups is 2. The molecule has 22 heavy (non-hydrogen) atoms. The maximum absolute atomic E-state index is 12.8. The Morgan fingerprint density at radius 2 is 2.14 bits per heavy atom. The van der Waals surface area contributed by atoms with E-state index in [1.54, 1.807) is 31.2 Å². The van der Waals surface area contributed by atoms with Crippen LogP contribution in [0.5, 0.6) is 11.6 Å². The van der Waals surface area contributed by atoms with Gasteiger partial charge in [0.2, 0.25) is 0 Å². The standard InChI is InChI=1S/C15H13N3O4/c1-2-10(15(20)21)18-11-5-3-4-6-12(11)22-13-9(14(18)19)7-8-16-17-13/h3-8,10H,2H2,1H3,(H,20,21). The minimum Gasteiger partial charge on any atom is -0.480 e. The van der Waals surface area contributed by atoms with Crippen molar-refractivity contribution in [3.05, 3.63) is 42.1 Å². The number of carbonyl (C=O) groups excluding carboxylic acids is 1. The lowest BCUT2D eigenvalue weighted by atomic mass is 10.1. The van der Waals surface area contributed by atoms with Crippen LogP contribution in [0.25, 0.3) is 0 Å². The number of anilines is 1. The van der Waals surface area contributed by atoms with Gasteiger partial charge in [0.05, 0.1) is 11.9 Å². The molecular formula is C15H13N3O4. The Hall–Kier alpha value is -2.96. The Kier molecular flexibility index (Phi) is 3.46. The van der Waals surface area contributed by atoms with Gasteiger partial charge in [-0.05, 0) is 24.6 Å². The summed E-state index contributed by atoms with van der Waals surface area (Å²) in [5, 5.41) is 17.0. The van der Waals surface area contributed by atoms with Crippen molar-refractivity contribution >= 4 is 17.6 Å². The van der Waals surface area contributed by atoms with Crippen LogP contribution in [-0.2, 0) is 4.79 Å². The normalized spacial score (nSPS) is 14.4. The summed E-state index contributed by atoms with van der Waals surface area (Å²) in [4.78, 5) is 25.6. The topological polar surface area (TPSA) is 92.6 Å². The van der Waals surface area contributed by atoms with E-state index in [1.807, 2.05) is 0 Å². The molecule has 0 aliphatic carbocycles. The van der Waals surface area contributed by atoms with Crippen LogP contribution in [0.1, 0.15) is 23.7 Å². The zero-order chi connectivity index (χ0) is 15.7. The molecule has 0 bridgehead atoms. The number of hydrogen-bond acceptors (Lipinski definition) is 5. The van der Waals surface area contributed by atoms with Crippen LogP contribution in [0.15, 0.2) is 36.5 Å². The summed E-state index contributed by atoms with van der Waals surface area (Å²) >= 11 is 0. The van der Waals surface area contributed by atoms with E-state index in [2.05, 4.69) is 10.2 Å². The van der Waals surface area contributed by atoms with Crippen LogP contribution >= 0.6 is 0 Å². The molecule has 1 aliphatic heterocycles. The molecule has 1 N–H and O–H groups in total. The smallest absolute Gasteiger partial charge is 0.326 e. The van der Waals surface area contributed by atoms with Gasteiger partial charge in [-0.25, -0.2) is 4.79 Å². The van der Waals surface area contributed by atoms with E-state index >= 15 is 0 Å². The molecule has 1 aromatic heterocycles. The average Bonchev–Trinajstić information content (AvgIpc) is 2.64. The third-order valence-corrected chi connectivity index (χ3v) is 3.45. The van der Waals surface area contributed by atoms with Crippen molar-refractivity contribution in [2.45, 2.75) is 19.4 Å². The van der Waals surface area contributed by atoms with Gasteiger partial charge in [-0.1, -0.05) is 19.1 Å². The van der Waals surface area contributed by atoms with Gasteiger partial charge in [0, 0.05) is 0 Å². The number of carboxylic acids is 1. The minimum absolute atomic E-state index is 0.0719. The number of nitrogens with zero attached hydrogens (tertiary/aromatic N) is 3. The number of para-hydroxylation sites is 2. The number of aromatic nitrogens is 2. The molecule has 0 saturated heterocycles. The number of fused-ring (bicyclic) bond motifs is 2. The first-order valence-electron chi connectivity index (χ1n) is 6.78. The molecule has 112 valence electrons. The molecule has 1 atom stereocenters. The molecule has 1 aliphatic rings. The summed E-state index contributed by atoms with van der Waals surface area (Å²) < 4.78 is 5.65. The van der Waals surface area contributed by atoms with Crippen molar-refractivity contribution in [1.82, 2.24) is 10.2 Å². The lowest BCUT2D eigenvalue weighted by molar-refractivity contribution is -0.138. The summed E-state index contributed by atoms with van der Waals surface area (Å²) in [5.41, 5.74) is 0.589. The minimum atomic E-state index is -1.07. The van der Waals surface area contributed by atoms with E-state index in [0.717, 1.165) is 0 Å². The highest BCUT2D eigenvalue weighted by atomic mass is 16.5. The Bertz CT molecular complexity index is 747. The maximum Gasteiger partial charge on any atom is 0.326 e. The lowest BCUT2D eigenvalue weighted by Gasteiger charge is -2.27. The van der Waals surface area contributed by atoms with Gasteiger partial charge in [0.15, 0.2) is 5.75 Å². The first-order chi connectivity index (χ1) is 10.6. The number of amides is 1. The molecule has 0 spiro atoms. The molecular weight excluding hydrogens is 286 g/mol. The Balaban J connectivity index is 2.23. The molecule has 2 heterocycles. The van der Waals surface area contributed by atoms with Gasteiger partial charge < -0.3 is 9.84 Å². The second kappa shape index (κ2) is 5.44. The molecule has 3 rings (SSSR count). The van der Waals surface area contributed by atoms with Crippen LogP contribution in [-0.4, -0.2) is 33.2 Å². The molecule has 0 saturated carbocycles. The number of hydrogen-bond donors (Lipinski definition) is 1. The fourth-order valence-electron chi connectivity index (χ4n) is 2.42. The summed E-state index contributed by atoms with van der Waals surface area (Å²) in [5.74, 6) is -1.10. The van der Waals surface area contributed by atoms with Crippen molar-refractivity contribution in [2.75, 3.05) is 4.90 Å². The van der Waals surface area contributed by atoms with Crippen LogP contribution in [0.3, 0.4) is 0 Å². The summed E-state index contributed by atoms with van der Waals surface area (Å²) in [6.07, 6.45) is 1.64. The highest BCUT2D eigenvalue weighted by Crippen LogP contribution is 2.38. The van der Waals surface area contributed by atoms with Gasteiger partial charge >= 0.3 is 5.97 Å². The number of aliphatic carboxylic acids is 1. The second-order valence-corrected chi connectivity index (χ2v) is 4.76. The third kappa shape index (κ3) is 2.16. The molecule has 1 aromatic carbocycles. The number of carboxylic acid groups (broad SMARTS) is 1. The predicted octanol–water partition coefficient (Wildman–Crippen LogP) is 2.09. The lowest BCUT2D eigenvalue weighted by Crippen LogP contribution is -2.44. The Morgan fingerprint density at radius 1 is 1.36 bits per heavy atom. The van der Waals surface area contributed by atoms with E-state index in [4.69, 9.17) is 4.74 Å². The van der Waals surface area contributed by atoms with Gasteiger partial charge in [0.1, 0.15) is 11.6 Å². The molecule has 0 radical (unpaired) electrons. The SMILES string of the molecule is CCC(C(=O)O)N1C(=O)c2ccnnc2Oc2ccccc21. The molecule has 7 nitrogen and oxygen atoms in total. The number of rotatable bonds is 3. The zero-order valence-electron chi connectivity index (χ0n) is 11.8. The fraction of sp³-hybridized carbons (Fsp3) is 0.200. The van der Waals surface area contributed by atoms with E-state index in [-0.39, 0.29) is 17.9 Å². The van der Waals surface area contributed by atoms with Gasteiger partial charge in [-0.15, -0.1) is 5.10 Å². The van der Waals surface area contributed by atoms with Gasteiger partial charge in [0.25, 0.3) is 11.8 Å². The van der Waals surface area contributed by atoms with Crippen molar-refractivity contribution in [3.8, 4) is 11.6 Å². The van der Waals surface area contributed by atoms with Crippen molar-refractivity contribution in [1.29, 1.82) is 0 Å². The summed E-state index contributed by atoms with van der Waals surface area (Å²) in [6, 6.07) is 7.25. The quantitative estimate of drug-likeness (QED) is 0.933. The molecule has 1 amide bonds. The van der Waals surface area contributed by atoms with Gasteiger partial charge in [-0.2, -0.15) is 5.10 Å². The van der Waals surface area contributed by atoms with E-state index in [9.17, 15) is 14.7 Å². The number of benzene rings is 1. The first kappa shape index (κ1) is 14.0. The predicted molar refractivity (Wildman–Crippen MR) is 77.1 cm³/mol. The van der Waals surface area contributed by atoms with Crippen molar-refractivity contribution < 1.29 is 19.4 Å². The third-order valence-electron chi connectivity index (χ3n) is 3.45. The van der Waals surface area contributed by atoms with Crippen LogP contribution in [0.4, 0.5) is 5.69 Å². The van der Waals surface area contributed by atoms with Gasteiger partial charge in [-0.3, -0.25) is 9.69 Å². The van der Waals surface area contributed by atoms with Crippen LogP contribution in [0.2, 0.25) is 0 Å². The molecule has 2 aromatic rings. The molecule has 0 fully saturated rings. The summed E-state index contributed by atoms with van der Waals surface area (Å²) in [6.45, 7) is 1.71. The highest BCUT2D eigenvalue weighted by Gasteiger charge is 2.36. The Morgan fingerprint density at radius 3 is 2.86 bits per heavy atom. The first-order valence-corrected chi connectivity index (χ1v) is 6.78. The van der Waals surface area contributed by atoms with Crippen LogP contribution < -0.4 is 9.64 Å². The maximum atomic E-state index is 12.8. The monoisotopic (exact) mass is 299 g/mol. The van der Waals surface area contributed by atoms with Crippen LogP contribution in [0, 0.1) is 0 Å². The molecule has 1 unspecified atom stereocenters. The second-order valence-electron chi connectivity index (χ2n) is 4.76. The average molecular weight is 299 g/mol. The van der Waals surface area contributed by atoms with E-state index in [0.29, 0.717) is 11.4 Å². The van der Waals surface area contributed by atoms with E-state index in [1.165, 1.54) is 17.2 Å². The highest BCUT2D eigenvalue weighted by molar-refractivity contribution is 6.11. The zero-order valence-corrected chi connectivity index (χ0v) is 11.8. The van der Waals surface area contributed by atoms with Crippen molar-refractivity contribution in [3.63, 3.8) is 0 Å². The van der Waals surface area contributed by atoms with Crippen molar-refractivity contribution in [2.24, 2.45) is 0 Å². The molecule has 7 heteroatoms. The van der Waals surface area contributed by atoms with E-state index < -0.39 is 17.9 Å². The largest absolute Gasteiger partial charge is 0.480 e. The fourth-order valence-corrected chi connectivity index (χ4v) is 2.42. The Labute approximate surface area is 126 Å².